The first-order chi connectivity index (χ1) is 8.66. The summed E-state index contributed by atoms with van der Waals surface area (Å²) in [7, 11) is 2.09. The minimum atomic E-state index is 0.239. The summed E-state index contributed by atoms with van der Waals surface area (Å²) in [4.78, 5) is 16.3. The van der Waals surface area contributed by atoms with Gasteiger partial charge in [-0.05, 0) is 25.1 Å². The Kier molecular flexibility index (Phi) is 4.61. The number of likely N-dealkylation sites (N-methyl/N-ethyl adjacent to an activating group) is 1. The molecular weight excluding hydrogens is 248 g/mol. The molecule has 98 valence electrons. The molecule has 1 amide bonds. The number of benzene rings is 1. The van der Waals surface area contributed by atoms with Gasteiger partial charge in [0, 0.05) is 37.6 Å². The molecule has 1 aliphatic rings. The number of hydrogen-bond donors (Lipinski definition) is 0. The van der Waals surface area contributed by atoms with Gasteiger partial charge in [-0.25, -0.2) is 0 Å². The van der Waals surface area contributed by atoms with Crippen molar-refractivity contribution in [3.8, 4) is 0 Å². The van der Waals surface area contributed by atoms with Gasteiger partial charge in [0.15, 0.2) is 0 Å². The molecule has 1 aromatic carbocycles. The van der Waals surface area contributed by atoms with E-state index in [1.807, 2.05) is 29.2 Å². The van der Waals surface area contributed by atoms with Crippen molar-refractivity contribution in [1.82, 2.24) is 9.80 Å². The fraction of sp³-hybridized carbons (Fsp3) is 0.500. The lowest BCUT2D eigenvalue weighted by molar-refractivity contribution is -0.132. The molecule has 1 saturated heterocycles. The Morgan fingerprint density at radius 2 is 1.89 bits per heavy atom. The summed E-state index contributed by atoms with van der Waals surface area (Å²) in [6.45, 7) is 3.63. The SMILES string of the molecule is CN1CCN(C(=O)CCc2ccccc2Cl)CC1. The third-order valence-electron chi connectivity index (χ3n) is 3.42. The number of carbonyl (C=O) groups excluding carboxylic acids is 1. The van der Waals surface area contributed by atoms with Crippen molar-refractivity contribution in [2.24, 2.45) is 0 Å². The molecule has 1 fully saturated rings. The van der Waals surface area contributed by atoms with Crippen LogP contribution in [0.25, 0.3) is 0 Å². The summed E-state index contributed by atoms with van der Waals surface area (Å²) in [5.74, 6) is 0.239. The molecule has 1 aliphatic heterocycles. The van der Waals surface area contributed by atoms with E-state index >= 15 is 0 Å². The predicted molar refractivity (Wildman–Crippen MR) is 73.9 cm³/mol. The average Bonchev–Trinajstić information content (AvgIpc) is 2.38. The second-order valence-electron chi connectivity index (χ2n) is 4.78. The lowest BCUT2D eigenvalue weighted by atomic mass is 10.1. The Morgan fingerprint density at radius 1 is 1.22 bits per heavy atom. The normalized spacial score (nSPS) is 16.9. The van der Waals surface area contributed by atoms with E-state index in [2.05, 4.69) is 11.9 Å². The summed E-state index contributed by atoms with van der Waals surface area (Å²) in [5, 5.41) is 0.753. The maximum atomic E-state index is 12.1. The Balaban J connectivity index is 1.83. The molecule has 18 heavy (non-hydrogen) atoms. The number of hydrogen-bond acceptors (Lipinski definition) is 2. The van der Waals surface area contributed by atoms with Gasteiger partial charge in [0.2, 0.25) is 5.91 Å². The first-order valence-electron chi connectivity index (χ1n) is 6.36. The molecule has 0 saturated carbocycles. The number of carbonyl (C=O) groups is 1. The van der Waals surface area contributed by atoms with Crippen molar-refractivity contribution < 1.29 is 4.79 Å². The number of rotatable bonds is 3. The van der Waals surface area contributed by atoms with Gasteiger partial charge in [0.25, 0.3) is 0 Å². The van der Waals surface area contributed by atoms with Gasteiger partial charge in [0.05, 0.1) is 0 Å². The van der Waals surface area contributed by atoms with Crippen LogP contribution in [0.2, 0.25) is 5.02 Å². The highest BCUT2D eigenvalue weighted by Crippen LogP contribution is 2.17. The summed E-state index contributed by atoms with van der Waals surface area (Å²) in [5.41, 5.74) is 1.06. The van der Waals surface area contributed by atoms with Crippen LogP contribution < -0.4 is 0 Å². The van der Waals surface area contributed by atoms with Crippen LogP contribution in [0.4, 0.5) is 0 Å². The summed E-state index contributed by atoms with van der Waals surface area (Å²) in [6, 6.07) is 7.73. The number of nitrogens with zero attached hydrogens (tertiary/aromatic N) is 2. The Labute approximate surface area is 113 Å². The zero-order chi connectivity index (χ0) is 13.0. The van der Waals surface area contributed by atoms with Gasteiger partial charge in [-0.3, -0.25) is 4.79 Å². The second kappa shape index (κ2) is 6.21. The molecule has 0 radical (unpaired) electrons. The summed E-state index contributed by atoms with van der Waals surface area (Å²) >= 11 is 6.08. The fourth-order valence-corrected chi connectivity index (χ4v) is 2.39. The van der Waals surface area contributed by atoms with Gasteiger partial charge in [0.1, 0.15) is 0 Å². The van der Waals surface area contributed by atoms with Crippen LogP contribution in [0.1, 0.15) is 12.0 Å². The smallest absolute Gasteiger partial charge is 0.222 e. The van der Waals surface area contributed by atoms with Crippen LogP contribution in [-0.2, 0) is 11.2 Å². The highest BCUT2D eigenvalue weighted by molar-refractivity contribution is 6.31. The van der Waals surface area contributed by atoms with Gasteiger partial charge < -0.3 is 9.80 Å². The standard InChI is InChI=1S/C14H19ClN2O/c1-16-8-10-17(11-9-16)14(18)7-6-12-4-2-3-5-13(12)15/h2-5H,6-11H2,1H3. The monoisotopic (exact) mass is 266 g/mol. The molecular formula is C14H19ClN2O. The zero-order valence-electron chi connectivity index (χ0n) is 10.7. The van der Waals surface area contributed by atoms with E-state index < -0.39 is 0 Å². The lowest BCUT2D eigenvalue weighted by Gasteiger charge is -2.32. The first kappa shape index (κ1) is 13.4. The lowest BCUT2D eigenvalue weighted by Crippen LogP contribution is -2.47. The van der Waals surface area contributed by atoms with Gasteiger partial charge in [-0.1, -0.05) is 29.8 Å². The summed E-state index contributed by atoms with van der Waals surface area (Å²) < 4.78 is 0. The molecule has 0 aliphatic carbocycles. The van der Waals surface area contributed by atoms with E-state index in [0.717, 1.165) is 43.2 Å². The van der Waals surface area contributed by atoms with Crippen molar-refractivity contribution in [2.45, 2.75) is 12.8 Å². The van der Waals surface area contributed by atoms with E-state index in [9.17, 15) is 4.79 Å². The maximum Gasteiger partial charge on any atom is 0.222 e. The Morgan fingerprint density at radius 3 is 2.56 bits per heavy atom. The first-order valence-corrected chi connectivity index (χ1v) is 6.74. The largest absolute Gasteiger partial charge is 0.340 e. The van der Waals surface area contributed by atoms with Crippen LogP contribution in [0, 0.1) is 0 Å². The summed E-state index contributed by atoms with van der Waals surface area (Å²) in [6.07, 6.45) is 1.28. The minimum absolute atomic E-state index is 0.239. The van der Waals surface area contributed by atoms with Gasteiger partial charge >= 0.3 is 0 Å². The second-order valence-corrected chi connectivity index (χ2v) is 5.18. The van der Waals surface area contributed by atoms with Gasteiger partial charge in [-0.2, -0.15) is 0 Å². The van der Waals surface area contributed by atoms with Crippen molar-refractivity contribution in [2.75, 3.05) is 33.2 Å². The van der Waals surface area contributed by atoms with Gasteiger partial charge in [-0.15, -0.1) is 0 Å². The van der Waals surface area contributed by atoms with E-state index in [-0.39, 0.29) is 5.91 Å². The van der Waals surface area contributed by atoms with E-state index in [0.29, 0.717) is 6.42 Å². The highest BCUT2D eigenvalue weighted by Gasteiger charge is 2.18. The third-order valence-corrected chi connectivity index (χ3v) is 3.79. The Hall–Kier alpha value is -1.06. The van der Waals surface area contributed by atoms with Crippen molar-refractivity contribution in [3.63, 3.8) is 0 Å². The number of aryl methyl sites for hydroxylation is 1. The molecule has 0 unspecified atom stereocenters. The molecule has 0 atom stereocenters. The van der Waals surface area contributed by atoms with E-state index in [1.54, 1.807) is 0 Å². The molecule has 1 heterocycles. The Bertz CT molecular complexity index is 414. The van der Waals surface area contributed by atoms with Crippen LogP contribution in [-0.4, -0.2) is 48.9 Å². The molecule has 3 nitrogen and oxygen atoms in total. The zero-order valence-corrected chi connectivity index (χ0v) is 11.5. The molecule has 1 aromatic rings. The van der Waals surface area contributed by atoms with Crippen LogP contribution in [0.3, 0.4) is 0 Å². The number of amides is 1. The molecule has 0 aromatic heterocycles. The number of halogens is 1. The quantitative estimate of drug-likeness (QED) is 0.836. The van der Waals surface area contributed by atoms with E-state index in [1.165, 1.54) is 0 Å². The predicted octanol–water partition coefficient (Wildman–Crippen LogP) is 2.05. The molecule has 0 N–H and O–H groups in total. The molecule has 2 rings (SSSR count). The fourth-order valence-electron chi connectivity index (χ4n) is 2.16. The van der Waals surface area contributed by atoms with Crippen molar-refractivity contribution in [1.29, 1.82) is 0 Å². The minimum Gasteiger partial charge on any atom is -0.340 e. The average molecular weight is 267 g/mol. The van der Waals surface area contributed by atoms with E-state index in [4.69, 9.17) is 11.6 Å². The topological polar surface area (TPSA) is 23.6 Å². The van der Waals surface area contributed by atoms with Crippen molar-refractivity contribution >= 4 is 17.5 Å². The third kappa shape index (κ3) is 3.47. The van der Waals surface area contributed by atoms with Crippen LogP contribution in [0.15, 0.2) is 24.3 Å². The van der Waals surface area contributed by atoms with Crippen LogP contribution >= 0.6 is 11.6 Å². The number of piperazine rings is 1. The molecule has 4 heteroatoms. The van der Waals surface area contributed by atoms with Crippen LogP contribution in [0.5, 0.6) is 0 Å². The molecule has 0 spiro atoms. The highest BCUT2D eigenvalue weighted by atomic mass is 35.5. The maximum absolute atomic E-state index is 12.1. The molecule has 0 bridgehead atoms. The van der Waals surface area contributed by atoms with Crippen molar-refractivity contribution in [3.05, 3.63) is 34.9 Å².